The Morgan fingerprint density at radius 1 is 0.198 bits per heavy atom. The maximum atomic E-state index is 10.0. The summed E-state index contributed by atoms with van der Waals surface area (Å²) >= 11 is 0. The summed E-state index contributed by atoms with van der Waals surface area (Å²) < 4.78 is 78.7. The van der Waals surface area contributed by atoms with Crippen molar-refractivity contribution in [3.05, 3.63) is 505 Å². The molecular weight excluding hydrogens is 1520 g/mol. The second-order valence-corrected chi connectivity index (χ2v) is 34.1. The molecule has 6 aliphatic rings. The molecule has 2 aliphatic heterocycles. The van der Waals surface area contributed by atoms with E-state index in [1.54, 1.807) is 4.57 Å². The first-order valence-corrected chi connectivity index (χ1v) is 43.4. The Kier molecular flexibility index (Phi) is 13.6. The summed E-state index contributed by atoms with van der Waals surface area (Å²) in [6.07, 6.45) is 0. The van der Waals surface area contributed by atoms with Crippen LogP contribution in [0.3, 0.4) is 0 Å². The lowest BCUT2D eigenvalue weighted by Crippen LogP contribution is -2.61. The van der Waals surface area contributed by atoms with Crippen molar-refractivity contribution in [2.75, 3.05) is 9.80 Å². The molecule has 0 fully saturated rings. The molecule has 1 aromatic heterocycles. The molecule has 126 heavy (non-hydrogen) atoms. The highest BCUT2D eigenvalue weighted by molar-refractivity contribution is 7.00. The number of nitrogens with zero attached hydrogens (tertiary/aromatic N) is 3. The minimum absolute atomic E-state index is 0.00121. The van der Waals surface area contributed by atoms with Gasteiger partial charge in [-0.05, 0) is 251 Å². The van der Waals surface area contributed by atoms with E-state index in [-0.39, 0.29) is 33.9 Å². The van der Waals surface area contributed by atoms with Gasteiger partial charge in [-0.25, -0.2) is 0 Å². The molecule has 2 spiro atoms. The van der Waals surface area contributed by atoms with Gasteiger partial charge in [-0.2, -0.15) is 0 Å². The minimum Gasteiger partial charge on any atom is -0.311 e. The highest BCUT2D eigenvalue weighted by atomic mass is 15.2. The van der Waals surface area contributed by atoms with Gasteiger partial charge in [0.2, 0.25) is 0 Å². The van der Waals surface area contributed by atoms with Crippen LogP contribution in [0.1, 0.15) is 55.5 Å². The molecule has 27 rings (SSSR count). The van der Waals surface area contributed by atoms with Crippen LogP contribution in [0.15, 0.2) is 461 Å². The highest BCUT2D eigenvalue weighted by Crippen LogP contribution is 2.66. The average Bonchev–Trinajstić information content (AvgIpc) is 1.20. The topological polar surface area (TPSA) is 11.4 Å². The summed E-state index contributed by atoms with van der Waals surface area (Å²) in [6, 6.07) is 148. The van der Waals surface area contributed by atoms with E-state index in [1.165, 1.54) is 83.5 Å². The summed E-state index contributed by atoms with van der Waals surface area (Å²) in [5.41, 5.74) is 41.0. The van der Waals surface area contributed by atoms with Crippen LogP contribution in [0.5, 0.6) is 0 Å². The molecule has 0 N–H and O–H groups in total. The Morgan fingerprint density at radius 2 is 0.508 bits per heavy atom. The van der Waals surface area contributed by atoms with Crippen LogP contribution < -0.4 is 26.2 Å². The van der Waals surface area contributed by atoms with Gasteiger partial charge >= 0.3 is 0 Å². The molecule has 4 heteroatoms. The molecule has 0 unspecified atom stereocenters. The van der Waals surface area contributed by atoms with Gasteiger partial charge in [0, 0.05) is 50.3 Å². The number of rotatable bonds is 10. The molecule has 0 saturated heterocycles. The molecular formula is C122H76BN3. The fourth-order valence-corrected chi connectivity index (χ4v) is 23.0. The molecule has 0 bridgehead atoms. The largest absolute Gasteiger partial charge is 0.311 e. The molecule has 4 aliphatic carbocycles. The Bertz CT molecular complexity index is 8500. The fraction of sp³-hybridized carbons (Fsp3) is 0.0164. The predicted octanol–water partition coefficient (Wildman–Crippen LogP) is 29.2. The Hall–Kier alpha value is -16.1. The zero-order valence-electron chi connectivity index (χ0n) is 76.2. The number of anilines is 6. The number of benzene rings is 20. The Labute approximate surface area is 744 Å². The molecule has 3 nitrogen and oxygen atoms in total. The van der Waals surface area contributed by atoms with Crippen LogP contribution in [0, 0.1) is 0 Å². The smallest absolute Gasteiger partial charge is 0.252 e. The molecule has 582 valence electrons. The van der Waals surface area contributed by atoms with E-state index in [2.05, 4.69) is 416 Å². The SMILES string of the molecule is [2H]c1c([2H])c([2H])c2c(c1[2H])c1c([2H])c([2H])c([2H])c([2H])c1n2-c1ccc2c(c1)N(c1ccc(-c3ccccc3)cc1-c1ccc3c(c1)C1(c4ccccc4-c4ccccc41)c1ccccc1-3)c1cc(-c3ccccc3)cc3c1B2c1ccc(-c2ccccc2-c2ccccc2)cc1N3c1ccc(-c2ccccc2)cc1-c1ccc2c(c1)C1(c3ccccc3-c3ccccc31)c1ccccc1-2. The first kappa shape index (κ1) is 62.9. The van der Waals surface area contributed by atoms with E-state index < -0.39 is 53.8 Å². The van der Waals surface area contributed by atoms with E-state index in [1.807, 2.05) is 6.07 Å². The van der Waals surface area contributed by atoms with Crippen LogP contribution in [0.4, 0.5) is 34.1 Å². The number of fused-ring (bicyclic) bond motifs is 27. The Morgan fingerprint density at radius 3 is 0.929 bits per heavy atom. The maximum absolute atomic E-state index is 10.0. The van der Waals surface area contributed by atoms with Crippen molar-refractivity contribution < 1.29 is 11.0 Å². The normalized spacial score (nSPS) is 14.5. The number of para-hydroxylation sites is 2. The zero-order chi connectivity index (χ0) is 89.4. The molecule has 21 aromatic rings. The second kappa shape index (κ2) is 27.2. The standard InChI is InChI=1S/C122H76BN3/c1-5-31-77(32-6-1)81-60-67-114(100(69-81)83-57-63-96-94-45-19-27-53-106(94)121(108(96)71-83)102-49-23-15-41-90(102)91-42-16-24-50-103(91)121)125-116-73-85(89-40-14-13-39-88(89)80-37-11-4-12-38-80)59-65-110(116)123-111-66-62-87(124-112-55-29-21-47-98(112)99-48-22-30-56-113(99)124)76-117(111)126(119-75-86(74-118(125)120(119)123)79-35-9-3-10-36-79)115-68-61-82(78-33-7-2-8-34-78)70-101(115)84-58-64-97-95-46-20-28-54-107(95)122(109(97)72-84)104-51-25-17-43-92(104)93-44-18-26-52-105(93)122/h1-76H/i21D,22D,29D,30D,47D,48D,55D,56D. The lowest BCUT2D eigenvalue weighted by molar-refractivity contribution is 0.794. The second-order valence-electron chi connectivity index (χ2n) is 34.1. The Balaban J connectivity index is 0.784. The third-order valence-corrected chi connectivity index (χ3v) is 28.1. The van der Waals surface area contributed by atoms with Crippen molar-refractivity contribution in [2.24, 2.45) is 0 Å². The van der Waals surface area contributed by atoms with E-state index in [4.69, 9.17) is 0 Å². The first-order valence-electron chi connectivity index (χ1n) is 47.4. The summed E-state index contributed by atoms with van der Waals surface area (Å²) in [5, 5.41) is -0.00241. The van der Waals surface area contributed by atoms with Crippen molar-refractivity contribution in [3.8, 4) is 128 Å². The summed E-state index contributed by atoms with van der Waals surface area (Å²) in [7, 11) is 0. The summed E-state index contributed by atoms with van der Waals surface area (Å²) in [4.78, 5) is 5.03. The van der Waals surface area contributed by atoms with Crippen LogP contribution in [-0.4, -0.2) is 11.3 Å². The van der Waals surface area contributed by atoms with Crippen molar-refractivity contribution in [1.82, 2.24) is 4.57 Å². The average molecular weight is 1600 g/mol. The van der Waals surface area contributed by atoms with E-state index in [9.17, 15) is 11.0 Å². The van der Waals surface area contributed by atoms with Gasteiger partial charge in [0.25, 0.3) is 6.71 Å². The molecule has 20 aromatic carbocycles. The van der Waals surface area contributed by atoms with Crippen LogP contribution in [0.25, 0.3) is 150 Å². The minimum atomic E-state index is -0.708. The zero-order valence-corrected chi connectivity index (χ0v) is 68.2. The van der Waals surface area contributed by atoms with Crippen molar-refractivity contribution in [3.63, 3.8) is 0 Å². The van der Waals surface area contributed by atoms with Crippen LogP contribution in [0.2, 0.25) is 0 Å². The third kappa shape index (κ3) is 9.89. The number of hydrogen-bond acceptors (Lipinski definition) is 2. The highest BCUT2D eigenvalue weighted by Gasteiger charge is 2.54. The van der Waals surface area contributed by atoms with Crippen molar-refractivity contribution in [1.29, 1.82) is 0 Å². The quantitative estimate of drug-likeness (QED) is 0.126. The molecule has 3 heterocycles. The van der Waals surface area contributed by atoms with Gasteiger partial charge in [-0.15, -0.1) is 0 Å². The lowest BCUT2D eigenvalue weighted by atomic mass is 9.33. The van der Waals surface area contributed by atoms with Gasteiger partial charge in [0.15, 0.2) is 0 Å². The lowest BCUT2D eigenvalue weighted by Gasteiger charge is -2.45. The van der Waals surface area contributed by atoms with Gasteiger partial charge in [0.05, 0.1) is 44.2 Å². The van der Waals surface area contributed by atoms with E-state index in [0.29, 0.717) is 5.69 Å². The summed E-state index contributed by atoms with van der Waals surface area (Å²) in [5.74, 6) is 0. The molecule has 0 radical (unpaired) electrons. The first-order chi connectivity index (χ1) is 65.8. The van der Waals surface area contributed by atoms with Crippen LogP contribution >= 0.6 is 0 Å². The van der Waals surface area contributed by atoms with Gasteiger partial charge in [-0.3, -0.25) is 0 Å². The van der Waals surface area contributed by atoms with Crippen LogP contribution in [-0.2, 0) is 10.8 Å². The fourth-order valence-electron chi connectivity index (χ4n) is 23.0. The molecule has 0 amide bonds. The van der Waals surface area contributed by atoms with Crippen molar-refractivity contribution in [2.45, 2.75) is 10.8 Å². The van der Waals surface area contributed by atoms with Crippen molar-refractivity contribution >= 4 is 79.0 Å². The van der Waals surface area contributed by atoms with Gasteiger partial charge in [-0.1, -0.05) is 382 Å². The summed E-state index contributed by atoms with van der Waals surface area (Å²) in [6.45, 7) is -0.552. The van der Waals surface area contributed by atoms with Gasteiger partial charge < -0.3 is 14.4 Å². The van der Waals surface area contributed by atoms with E-state index in [0.717, 1.165) is 134 Å². The number of aromatic nitrogens is 1. The predicted molar refractivity (Wildman–Crippen MR) is 525 cm³/mol. The maximum Gasteiger partial charge on any atom is 0.252 e. The molecule has 0 saturated carbocycles. The monoisotopic (exact) mass is 1600 g/mol. The molecule has 0 atom stereocenters. The van der Waals surface area contributed by atoms with Gasteiger partial charge in [0.1, 0.15) is 0 Å². The third-order valence-electron chi connectivity index (χ3n) is 28.1. The number of hydrogen-bond donors (Lipinski definition) is 0. The van der Waals surface area contributed by atoms with E-state index >= 15 is 0 Å².